The van der Waals surface area contributed by atoms with Crippen LogP contribution in [0.25, 0.3) is 31.7 Å². The summed E-state index contributed by atoms with van der Waals surface area (Å²) in [6, 6.07) is 9.35. The van der Waals surface area contributed by atoms with Crippen molar-refractivity contribution in [3.8, 4) is 11.1 Å². The Morgan fingerprint density at radius 2 is 1.76 bits per heavy atom. The van der Waals surface area contributed by atoms with E-state index in [1.165, 1.54) is 22.7 Å². The van der Waals surface area contributed by atoms with Gasteiger partial charge in [0.25, 0.3) is 12.3 Å². The Balaban J connectivity index is 1.21. The van der Waals surface area contributed by atoms with Crippen LogP contribution in [-0.4, -0.2) is 30.6 Å². The lowest BCUT2D eigenvalue weighted by Gasteiger charge is -2.22. The third kappa shape index (κ3) is 4.83. The summed E-state index contributed by atoms with van der Waals surface area (Å²) < 4.78 is 88.9. The topological polar surface area (TPSA) is 85.6 Å². The van der Waals surface area contributed by atoms with Gasteiger partial charge in [-0.05, 0) is 60.2 Å². The van der Waals surface area contributed by atoms with Gasteiger partial charge in [-0.3, -0.25) is 9.48 Å². The predicted octanol–water partition coefficient (Wildman–Crippen LogP) is 7.69. The molecule has 1 N–H and O–H groups in total. The van der Waals surface area contributed by atoms with Crippen LogP contribution in [0.4, 0.5) is 26.3 Å². The number of nitrogens with zero attached hydrogens (tertiary/aromatic N) is 5. The zero-order valence-electron chi connectivity index (χ0n) is 23.4. The molecule has 4 aromatic heterocycles. The molecule has 2 aliphatic carbocycles. The normalized spacial score (nSPS) is 18.7. The third-order valence-electron chi connectivity index (χ3n) is 8.48. The summed E-state index contributed by atoms with van der Waals surface area (Å²) in [5.41, 5.74) is 4.60. The number of rotatable bonds is 8. The van der Waals surface area contributed by atoms with E-state index in [4.69, 9.17) is 4.98 Å². The fourth-order valence-corrected chi connectivity index (χ4v) is 7.78. The van der Waals surface area contributed by atoms with Crippen molar-refractivity contribution in [2.24, 2.45) is 5.92 Å². The first-order valence-corrected chi connectivity index (χ1v) is 15.9. The largest absolute Gasteiger partial charge is 0.346 e. The van der Waals surface area contributed by atoms with E-state index in [0.717, 1.165) is 33.1 Å². The summed E-state index contributed by atoms with van der Waals surface area (Å²) in [5.74, 6) is -7.69. The Kier molecular flexibility index (Phi) is 6.69. The van der Waals surface area contributed by atoms with Gasteiger partial charge >= 0.3 is 0 Å². The molecule has 0 saturated heterocycles. The highest BCUT2D eigenvalue weighted by Gasteiger charge is 2.67. The standard InChI is InChI=1S/C31H20F6N6OS2/c32-15-3-13(4-16(33)7-15)5-21(40-24(44)10-43-28-25(27(42-43)29(34)35)18-8-19(18)31(28,36)37)26-17(9-23-30(41-26)39-12-46-23)14-1-2-22-20(6-14)38-11-45-22/h1-4,6-7,9,11-12,18-19,21,29H,5,8,10H2,(H,40,44)/t18-,19+,21+/m0/s1. The summed E-state index contributed by atoms with van der Waals surface area (Å²) in [7, 11) is 0. The minimum Gasteiger partial charge on any atom is -0.346 e. The lowest BCUT2D eigenvalue weighted by atomic mass is 9.95. The van der Waals surface area contributed by atoms with Crippen molar-refractivity contribution in [2.45, 2.75) is 43.7 Å². The second-order valence-corrected chi connectivity index (χ2v) is 13.2. The first kappa shape index (κ1) is 29.1. The Morgan fingerprint density at radius 3 is 2.54 bits per heavy atom. The molecule has 1 saturated carbocycles. The molecule has 0 unspecified atom stereocenters. The maximum atomic E-state index is 15.2. The molecule has 0 radical (unpaired) electrons. The average Bonchev–Trinajstić information content (AvgIpc) is 3.28. The molecule has 8 rings (SSSR count). The fourth-order valence-electron chi connectivity index (χ4n) is 6.47. The van der Waals surface area contributed by atoms with E-state index in [1.807, 2.05) is 24.3 Å². The van der Waals surface area contributed by atoms with Gasteiger partial charge in [-0.15, -0.1) is 22.7 Å². The van der Waals surface area contributed by atoms with Crippen LogP contribution in [0.1, 0.15) is 53.0 Å². The van der Waals surface area contributed by atoms with Crippen LogP contribution < -0.4 is 5.32 Å². The number of thiazole rings is 2. The minimum atomic E-state index is -3.41. The van der Waals surface area contributed by atoms with Gasteiger partial charge in [-0.25, -0.2) is 32.5 Å². The van der Waals surface area contributed by atoms with Gasteiger partial charge in [0.1, 0.15) is 29.6 Å². The SMILES string of the molecule is O=C(Cn1nc(C(F)F)c2c1C(F)(F)[C@@H]1C[C@H]21)N[C@H](Cc1cc(F)cc(F)c1)c1nc2ncsc2cc1-c1ccc2scnc2c1. The zero-order chi connectivity index (χ0) is 31.9. The average molecular weight is 671 g/mol. The number of hydrogen-bond acceptors (Lipinski definition) is 7. The molecule has 234 valence electrons. The van der Waals surface area contributed by atoms with E-state index >= 15 is 8.78 Å². The van der Waals surface area contributed by atoms with E-state index in [0.29, 0.717) is 27.1 Å². The molecule has 4 heterocycles. The Morgan fingerprint density at radius 1 is 1.00 bits per heavy atom. The van der Waals surface area contributed by atoms with Crippen LogP contribution in [0.15, 0.2) is 53.5 Å². The number of hydrogen-bond donors (Lipinski definition) is 1. The number of halogens is 6. The zero-order valence-corrected chi connectivity index (χ0v) is 25.0. The van der Waals surface area contributed by atoms with Gasteiger partial charge in [0.2, 0.25) is 5.91 Å². The number of alkyl halides is 4. The first-order valence-electron chi connectivity index (χ1n) is 14.2. The summed E-state index contributed by atoms with van der Waals surface area (Å²) in [4.78, 5) is 27.0. The Bertz CT molecular complexity index is 2160. The van der Waals surface area contributed by atoms with Gasteiger partial charge in [-0.2, -0.15) is 13.9 Å². The van der Waals surface area contributed by atoms with Crippen LogP contribution in [0.2, 0.25) is 0 Å². The molecule has 1 fully saturated rings. The highest BCUT2D eigenvalue weighted by molar-refractivity contribution is 7.17. The number of amides is 1. The number of pyridine rings is 1. The van der Waals surface area contributed by atoms with Crippen LogP contribution in [0.3, 0.4) is 0 Å². The van der Waals surface area contributed by atoms with Crippen LogP contribution in [0, 0.1) is 17.6 Å². The second-order valence-electron chi connectivity index (χ2n) is 11.4. The fraction of sp³-hybridized carbons (Fsp3) is 0.258. The van der Waals surface area contributed by atoms with Crippen LogP contribution >= 0.6 is 22.7 Å². The Labute approximate surface area is 263 Å². The number of carbonyl (C=O) groups is 1. The third-order valence-corrected chi connectivity index (χ3v) is 10.1. The minimum absolute atomic E-state index is 0.0874. The summed E-state index contributed by atoms with van der Waals surface area (Å²) in [5, 5.41) is 6.52. The number of benzene rings is 2. The quantitative estimate of drug-likeness (QED) is 0.168. The molecule has 3 atom stereocenters. The van der Waals surface area contributed by atoms with Crippen molar-refractivity contribution in [3.63, 3.8) is 0 Å². The molecule has 0 aliphatic heterocycles. The summed E-state index contributed by atoms with van der Waals surface area (Å²) >= 11 is 2.81. The predicted molar refractivity (Wildman–Crippen MR) is 159 cm³/mol. The van der Waals surface area contributed by atoms with Crippen molar-refractivity contribution in [1.29, 1.82) is 0 Å². The molecule has 2 aromatic carbocycles. The molecule has 0 bridgehead atoms. The highest BCUT2D eigenvalue weighted by atomic mass is 32.1. The summed E-state index contributed by atoms with van der Waals surface area (Å²) in [6.07, 6.45) is -3.14. The second kappa shape index (κ2) is 10.6. The van der Waals surface area contributed by atoms with E-state index in [2.05, 4.69) is 20.4 Å². The number of aromatic nitrogens is 5. The molecule has 15 heteroatoms. The van der Waals surface area contributed by atoms with Gasteiger partial charge in [0, 0.05) is 23.1 Å². The van der Waals surface area contributed by atoms with E-state index in [9.17, 15) is 22.4 Å². The Hall–Kier alpha value is -4.37. The van der Waals surface area contributed by atoms with Crippen LogP contribution in [0.5, 0.6) is 0 Å². The lowest BCUT2D eigenvalue weighted by molar-refractivity contribution is -0.123. The van der Waals surface area contributed by atoms with Crippen molar-refractivity contribution in [3.05, 3.63) is 93.3 Å². The number of carbonyl (C=O) groups excluding carboxylic acids is 1. The van der Waals surface area contributed by atoms with Gasteiger partial charge in [0.05, 0.1) is 37.7 Å². The van der Waals surface area contributed by atoms with Crippen molar-refractivity contribution in [1.82, 2.24) is 30.0 Å². The molecular weight excluding hydrogens is 651 g/mol. The van der Waals surface area contributed by atoms with Crippen molar-refractivity contribution < 1.29 is 31.1 Å². The number of nitrogens with one attached hydrogen (secondary N) is 1. The van der Waals surface area contributed by atoms with Crippen molar-refractivity contribution >= 4 is 49.1 Å². The molecule has 2 aliphatic rings. The smallest absolute Gasteiger partial charge is 0.293 e. The molecule has 0 spiro atoms. The maximum Gasteiger partial charge on any atom is 0.293 e. The molecule has 1 amide bonds. The van der Waals surface area contributed by atoms with E-state index < -0.39 is 65.7 Å². The molecule has 6 aromatic rings. The first-order chi connectivity index (χ1) is 22.1. The molecular formula is C31H20F6N6OS2. The van der Waals surface area contributed by atoms with E-state index in [-0.39, 0.29) is 24.0 Å². The molecule has 46 heavy (non-hydrogen) atoms. The van der Waals surface area contributed by atoms with E-state index in [1.54, 1.807) is 11.0 Å². The summed E-state index contributed by atoms with van der Waals surface area (Å²) in [6.45, 7) is -0.781. The van der Waals surface area contributed by atoms with Gasteiger partial charge in [-0.1, -0.05) is 6.07 Å². The van der Waals surface area contributed by atoms with Gasteiger partial charge in [0.15, 0.2) is 5.65 Å². The maximum absolute atomic E-state index is 15.2. The monoisotopic (exact) mass is 670 g/mol. The molecule has 7 nitrogen and oxygen atoms in total. The van der Waals surface area contributed by atoms with Gasteiger partial charge < -0.3 is 5.32 Å². The number of fused-ring (bicyclic) bond motifs is 5. The highest BCUT2D eigenvalue weighted by Crippen LogP contribution is 2.68. The lowest BCUT2D eigenvalue weighted by Crippen LogP contribution is -2.35. The van der Waals surface area contributed by atoms with Crippen LogP contribution in [-0.2, 0) is 23.7 Å². The van der Waals surface area contributed by atoms with Crippen molar-refractivity contribution in [2.75, 3.05) is 0 Å².